The first-order valence-electron chi connectivity index (χ1n) is 5.30. The van der Waals surface area contributed by atoms with Gasteiger partial charge in [0.25, 0.3) is 0 Å². The fourth-order valence-corrected chi connectivity index (χ4v) is 1.44. The average Bonchev–Trinajstić information content (AvgIpc) is 2.30. The molecule has 0 radical (unpaired) electrons. The van der Waals surface area contributed by atoms with Crippen LogP contribution in [0.4, 0.5) is 5.69 Å². The average molecular weight is 316 g/mol. The molecule has 0 aromatic heterocycles. The van der Waals surface area contributed by atoms with Gasteiger partial charge in [0.15, 0.2) is 6.10 Å². The van der Waals surface area contributed by atoms with E-state index in [1.807, 2.05) is 19.1 Å². The number of nitrogens with one attached hydrogen (secondary N) is 1. The van der Waals surface area contributed by atoms with E-state index in [2.05, 4.69) is 21.2 Å². The van der Waals surface area contributed by atoms with E-state index in [0.29, 0.717) is 5.69 Å². The summed E-state index contributed by atoms with van der Waals surface area (Å²) in [5.41, 5.74) is 1.64. The molecule has 18 heavy (non-hydrogen) atoms. The van der Waals surface area contributed by atoms with Gasteiger partial charge in [-0.05, 0) is 37.6 Å². The number of benzene rings is 1. The van der Waals surface area contributed by atoms with Crippen LogP contribution in [0.15, 0.2) is 22.7 Å². The second kappa shape index (κ2) is 6.51. The SMILES string of the molecule is Cc1cc(NC(=O)COC(C)C(=O)O)ccc1Br. The van der Waals surface area contributed by atoms with E-state index < -0.39 is 12.1 Å². The summed E-state index contributed by atoms with van der Waals surface area (Å²) >= 11 is 3.36. The number of carbonyl (C=O) groups excluding carboxylic acids is 1. The van der Waals surface area contributed by atoms with E-state index >= 15 is 0 Å². The topological polar surface area (TPSA) is 75.6 Å². The highest BCUT2D eigenvalue weighted by Gasteiger charge is 2.13. The number of carboxylic acid groups (broad SMARTS) is 1. The maximum atomic E-state index is 11.5. The highest BCUT2D eigenvalue weighted by molar-refractivity contribution is 9.10. The molecule has 0 bridgehead atoms. The number of hydrogen-bond donors (Lipinski definition) is 2. The molecule has 1 aromatic carbocycles. The van der Waals surface area contributed by atoms with Gasteiger partial charge in [-0.2, -0.15) is 0 Å². The van der Waals surface area contributed by atoms with Crippen LogP contribution in [0.25, 0.3) is 0 Å². The minimum atomic E-state index is -1.10. The van der Waals surface area contributed by atoms with E-state index in [4.69, 9.17) is 9.84 Å². The van der Waals surface area contributed by atoms with Crippen LogP contribution in [0.1, 0.15) is 12.5 Å². The number of amides is 1. The van der Waals surface area contributed by atoms with Crippen LogP contribution >= 0.6 is 15.9 Å². The third-order valence-electron chi connectivity index (χ3n) is 2.25. The summed E-state index contributed by atoms with van der Waals surface area (Å²) in [6.45, 7) is 2.99. The Morgan fingerprint density at radius 2 is 2.17 bits per heavy atom. The Morgan fingerprint density at radius 3 is 2.72 bits per heavy atom. The van der Waals surface area contributed by atoms with E-state index in [1.54, 1.807) is 6.07 Å². The zero-order valence-electron chi connectivity index (χ0n) is 10.1. The minimum absolute atomic E-state index is 0.289. The number of halogens is 1. The van der Waals surface area contributed by atoms with Crippen molar-refractivity contribution in [1.82, 2.24) is 0 Å². The number of rotatable bonds is 5. The van der Waals surface area contributed by atoms with Gasteiger partial charge in [-0.15, -0.1) is 0 Å². The van der Waals surface area contributed by atoms with Gasteiger partial charge in [0.2, 0.25) is 5.91 Å². The molecule has 0 fully saturated rings. The molecule has 1 unspecified atom stereocenters. The second-order valence-corrected chi connectivity index (χ2v) is 4.66. The zero-order chi connectivity index (χ0) is 13.7. The molecule has 5 nitrogen and oxygen atoms in total. The summed E-state index contributed by atoms with van der Waals surface area (Å²) in [5.74, 6) is -1.48. The molecule has 1 atom stereocenters. The fraction of sp³-hybridized carbons (Fsp3) is 0.333. The van der Waals surface area contributed by atoms with Gasteiger partial charge in [0.05, 0.1) is 0 Å². The Bertz CT molecular complexity index is 461. The van der Waals surface area contributed by atoms with Crippen molar-refractivity contribution in [2.24, 2.45) is 0 Å². The van der Waals surface area contributed by atoms with Gasteiger partial charge in [-0.1, -0.05) is 15.9 Å². The van der Waals surface area contributed by atoms with Crippen molar-refractivity contribution in [3.05, 3.63) is 28.2 Å². The van der Waals surface area contributed by atoms with Crippen LogP contribution in [0, 0.1) is 6.92 Å². The Balaban J connectivity index is 2.49. The van der Waals surface area contributed by atoms with E-state index in [-0.39, 0.29) is 12.5 Å². The lowest BCUT2D eigenvalue weighted by Crippen LogP contribution is -2.26. The quantitative estimate of drug-likeness (QED) is 0.873. The number of hydrogen-bond acceptors (Lipinski definition) is 3. The molecule has 98 valence electrons. The molecule has 0 saturated carbocycles. The largest absolute Gasteiger partial charge is 0.479 e. The summed E-state index contributed by atoms with van der Waals surface area (Å²) in [4.78, 5) is 22.0. The molecule has 1 aromatic rings. The van der Waals surface area contributed by atoms with Crippen LogP contribution in [-0.4, -0.2) is 29.7 Å². The summed E-state index contributed by atoms with van der Waals surface area (Å²) in [7, 11) is 0. The monoisotopic (exact) mass is 315 g/mol. The smallest absolute Gasteiger partial charge is 0.332 e. The summed E-state index contributed by atoms with van der Waals surface area (Å²) in [6, 6.07) is 5.38. The highest BCUT2D eigenvalue weighted by Crippen LogP contribution is 2.19. The van der Waals surface area contributed by atoms with Gasteiger partial charge >= 0.3 is 5.97 Å². The lowest BCUT2D eigenvalue weighted by Gasteiger charge is -2.09. The molecule has 0 spiro atoms. The zero-order valence-corrected chi connectivity index (χ0v) is 11.7. The molecule has 6 heteroatoms. The van der Waals surface area contributed by atoms with Gasteiger partial charge in [0, 0.05) is 10.2 Å². The number of carbonyl (C=O) groups is 2. The third kappa shape index (κ3) is 4.46. The predicted octanol–water partition coefficient (Wildman–Crippen LogP) is 2.19. The highest BCUT2D eigenvalue weighted by atomic mass is 79.9. The number of ether oxygens (including phenoxy) is 1. The van der Waals surface area contributed by atoms with Crippen molar-refractivity contribution >= 4 is 33.5 Å². The lowest BCUT2D eigenvalue weighted by atomic mass is 10.2. The van der Waals surface area contributed by atoms with Crippen LogP contribution in [0.3, 0.4) is 0 Å². The van der Waals surface area contributed by atoms with Crippen LogP contribution in [0.5, 0.6) is 0 Å². The van der Waals surface area contributed by atoms with Gasteiger partial charge < -0.3 is 15.2 Å². The maximum absolute atomic E-state index is 11.5. The Labute approximate surface area is 113 Å². The van der Waals surface area contributed by atoms with Crippen molar-refractivity contribution in [1.29, 1.82) is 0 Å². The first-order chi connectivity index (χ1) is 8.40. The maximum Gasteiger partial charge on any atom is 0.332 e. The first-order valence-corrected chi connectivity index (χ1v) is 6.10. The molecule has 0 aliphatic rings. The standard InChI is InChI=1S/C12H14BrNO4/c1-7-5-9(3-4-10(7)13)14-11(15)6-18-8(2)12(16)17/h3-5,8H,6H2,1-2H3,(H,14,15)(H,16,17). The first kappa shape index (κ1) is 14.7. The Morgan fingerprint density at radius 1 is 1.50 bits per heavy atom. The van der Waals surface area contributed by atoms with Crippen molar-refractivity contribution in [2.75, 3.05) is 11.9 Å². The number of carboxylic acids is 1. The van der Waals surface area contributed by atoms with Gasteiger partial charge in [0.1, 0.15) is 6.61 Å². The molecule has 2 N–H and O–H groups in total. The Kier molecular flexibility index (Phi) is 5.30. The molecular weight excluding hydrogens is 302 g/mol. The number of aliphatic carboxylic acids is 1. The van der Waals surface area contributed by atoms with Crippen molar-refractivity contribution in [3.8, 4) is 0 Å². The summed E-state index contributed by atoms with van der Waals surface area (Å²) in [6.07, 6.45) is -0.998. The number of anilines is 1. The molecule has 0 aliphatic heterocycles. The van der Waals surface area contributed by atoms with E-state index in [1.165, 1.54) is 6.92 Å². The van der Waals surface area contributed by atoms with Crippen molar-refractivity contribution in [3.63, 3.8) is 0 Å². The van der Waals surface area contributed by atoms with Crippen LogP contribution < -0.4 is 5.32 Å². The molecule has 1 amide bonds. The van der Waals surface area contributed by atoms with E-state index in [9.17, 15) is 9.59 Å². The minimum Gasteiger partial charge on any atom is -0.479 e. The van der Waals surface area contributed by atoms with Crippen molar-refractivity contribution < 1.29 is 19.4 Å². The van der Waals surface area contributed by atoms with Crippen molar-refractivity contribution in [2.45, 2.75) is 20.0 Å². The van der Waals surface area contributed by atoms with Crippen LogP contribution in [0.2, 0.25) is 0 Å². The molecule has 0 heterocycles. The predicted molar refractivity (Wildman–Crippen MR) is 70.6 cm³/mol. The van der Waals surface area contributed by atoms with Gasteiger partial charge in [-0.3, -0.25) is 4.79 Å². The van der Waals surface area contributed by atoms with Crippen LogP contribution in [-0.2, 0) is 14.3 Å². The van der Waals surface area contributed by atoms with Gasteiger partial charge in [-0.25, -0.2) is 4.79 Å². The van der Waals surface area contributed by atoms with E-state index in [0.717, 1.165) is 10.0 Å². The molecule has 0 aliphatic carbocycles. The summed E-state index contributed by atoms with van der Waals surface area (Å²) in [5, 5.41) is 11.2. The Hall–Kier alpha value is -1.40. The summed E-state index contributed by atoms with van der Waals surface area (Å²) < 4.78 is 5.83. The third-order valence-corrected chi connectivity index (χ3v) is 3.14. The second-order valence-electron chi connectivity index (χ2n) is 3.80. The molecular formula is C12H14BrNO4. The molecule has 0 saturated heterocycles. The lowest BCUT2D eigenvalue weighted by molar-refractivity contribution is -0.150. The fourth-order valence-electron chi connectivity index (χ4n) is 1.19. The number of aryl methyl sites for hydroxylation is 1. The molecule has 1 rings (SSSR count). The normalized spacial score (nSPS) is 11.9.